The fourth-order valence-electron chi connectivity index (χ4n) is 1.47. The maximum Gasteiger partial charge on any atom is 0.304 e. The van der Waals surface area contributed by atoms with E-state index >= 15 is 0 Å². The Labute approximate surface area is 91.9 Å². The Morgan fingerprint density at radius 2 is 2.06 bits per heavy atom. The maximum atomic E-state index is 12.7. The fourth-order valence-corrected chi connectivity index (χ4v) is 1.47. The molecule has 2 nitrogen and oxygen atoms in total. The van der Waals surface area contributed by atoms with E-state index in [0.717, 1.165) is 0 Å². The summed E-state index contributed by atoms with van der Waals surface area (Å²) in [5.74, 6) is -0.345. The number of hydrogen-bond acceptors (Lipinski definition) is 1. The monoisotopic (exact) mass is 224 g/mol. The van der Waals surface area contributed by atoms with Gasteiger partial charge in [-0.3, -0.25) is 4.79 Å². The van der Waals surface area contributed by atoms with Crippen molar-refractivity contribution < 1.29 is 18.7 Å². The van der Waals surface area contributed by atoms with Gasteiger partial charge in [-0.1, -0.05) is 24.1 Å². The molecule has 1 N–H and O–H groups in total. The molecular formula is C12H10F2O2. The van der Waals surface area contributed by atoms with E-state index in [1.54, 1.807) is 12.1 Å². The Morgan fingerprint density at radius 1 is 1.44 bits per heavy atom. The van der Waals surface area contributed by atoms with Crippen LogP contribution < -0.4 is 0 Å². The van der Waals surface area contributed by atoms with Gasteiger partial charge in [0.25, 0.3) is 0 Å². The lowest BCUT2D eigenvalue weighted by molar-refractivity contribution is -0.138. The maximum absolute atomic E-state index is 12.7. The average molecular weight is 224 g/mol. The lowest BCUT2D eigenvalue weighted by atomic mass is 9.92. The molecule has 1 aromatic carbocycles. The van der Waals surface area contributed by atoms with Crippen LogP contribution in [0, 0.1) is 12.3 Å². The van der Waals surface area contributed by atoms with E-state index in [-0.39, 0.29) is 5.56 Å². The number of carboxylic acids is 1. The number of alkyl halides is 2. The highest BCUT2D eigenvalue weighted by atomic mass is 19.3. The first-order valence-corrected chi connectivity index (χ1v) is 4.61. The first-order chi connectivity index (χ1) is 7.56. The number of terminal acetylenes is 1. The van der Waals surface area contributed by atoms with Gasteiger partial charge in [0, 0.05) is 5.56 Å². The zero-order valence-electron chi connectivity index (χ0n) is 8.36. The number of benzene rings is 1. The first-order valence-electron chi connectivity index (χ1n) is 4.61. The van der Waals surface area contributed by atoms with Gasteiger partial charge in [0.05, 0.1) is 12.3 Å². The molecule has 1 rings (SSSR count). The molecule has 0 radical (unpaired) electrons. The summed E-state index contributed by atoms with van der Waals surface area (Å²) in [4.78, 5) is 10.5. The van der Waals surface area contributed by atoms with E-state index in [1.165, 1.54) is 12.1 Å². The number of aliphatic carboxylic acids is 1. The van der Waals surface area contributed by atoms with Crippen LogP contribution in [-0.4, -0.2) is 17.5 Å². The molecule has 84 valence electrons. The van der Waals surface area contributed by atoms with Crippen LogP contribution in [0.15, 0.2) is 24.3 Å². The van der Waals surface area contributed by atoms with Crippen molar-refractivity contribution in [1.29, 1.82) is 0 Å². The van der Waals surface area contributed by atoms with Crippen molar-refractivity contribution in [3.63, 3.8) is 0 Å². The lowest BCUT2D eigenvalue weighted by Crippen LogP contribution is -2.15. The molecule has 0 heterocycles. The van der Waals surface area contributed by atoms with Crippen LogP contribution in [0.25, 0.3) is 0 Å². The normalized spacial score (nSPS) is 12.1. The third kappa shape index (κ3) is 2.80. The third-order valence-electron chi connectivity index (χ3n) is 2.21. The second kappa shape index (κ2) is 5.26. The average Bonchev–Trinajstić information content (AvgIpc) is 2.25. The quantitative estimate of drug-likeness (QED) is 0.798. The van der Waals surface area contributed by atoms with Crippen molar-refractivity contribution >= 4 is 5.97 Å². The van der Waals surface area contributed by atoms with Gasteiger partial charge in [-0.2, -0.15) is 0 Å². The second-order valence-corrected chi connectivity index (χ2v) is 3.27. The van der Waals surface area contributed by atoms with E-state index < -0.39 is 24.7 Å². The molecule has 0 amide bonds. The summed E-state index contributed by atoms with van der Waals surface area (Å²) in [7, 11) is 0. The summed E-state index contributed by atoms with van der Waals surface area (Å²) in [6, 6.07) is 6.15. The van der Waals surface area contributed by atoms with Crippen molar-refractivity contribution in [3.05, 3.63) is 35.4 Å². The van der Waals surface area contributed by atoms with Crippen molar-refractivity contribution in [3.8, 4) is 12.3 Å². The van der Waals surface area contributed by atoms with E-state index in [4.69, 9.17) is 11.5 Å². The Bertz CT molecular complexity index is 421. The summed E-state index contributed by atoms with van der Waals surface area (Å²) in [5, 5.41) is 8.57. The van der Waals surface area contributed by atoms with Crippen LogP contribution in [0.1, 0.15) is 23.5 Å². The Balaban J connectivity index is 3.11. The van der Waals surface area contributed by atoms with Crippen molar-refractivity contribution in [2.45, 2.75) is 18.8 Å². The zero-order chi connectivity index (χ0) is 12.1. The topological polar surface area (TPSA) is 37.3 Å². The number of hydrogen-bond donors (Lipinski definition) is 1. The van der Waals surface area contributed by atoms with E-state index in [1.807, 2.05) is 0 Å². The van der Waals surface area contributed by atoms with Gasteiger partial charge in [0.1, 0.15) is 0 Å². The molecular weight excluding hydrogens is 214 g/mol. The highest BCUT2D eigenvalue weighted by Gasteiger charge is 2.26. The largest absolute Gasteiger partial charge is 0.481 e. The number of rotatable bonds is 4. The molecule has 1 unspecified atom stereocenters. The van der Waals surface area contributed by atoms with E-state index in [9.17, 15) is 13.6 Å². The van der Waals surface area contributed by atoms with Gasteiger partial charge in [-0.25, -0.2) is 8.78 Å². The predicted molar refractivity (Wildman–Crippen MR) is 55.4 cm³/mol. The van der Waals surface area contributed by atoms with Crippen LogP contribution >= 0.6 is 0 Å². The summed E-state index contributed by atoms with van der Waals surface area (Å²) in [5.41, 5.74) is 0.524. The molecule has 0 fully saturated rings. The van der Waals surface area contributed by atoms with Crippen LogP contribution in [-0.2, 0) is 4.79 Å². The predicted octanol–water partition coefficient (Wildman–Crippen LogP) is 2.49. The Morgan fingerprint density at radius 3 is 2.56 bits per heavy atom. The molecule has 0 spiro atoms. The minimum Gasteiger partial charge on any atom is -0.481 e. The van der Waals surface area contributed by atoms with Gasteiger partial charge in [0.2, 0.25) is 6.43 Å². The molecule has 0 aliphatic heterocycles. The molecule has 1 aromatic rings. The Hall–Kier alpha value is -1.89. The SMILES string of the molecule is C#Cc1ccccc1C(CC(=O)O)C(F)F. The molecule has 0 bridgehead atoms. The number of carbonyl (C=O) groups is 1. The molecule has 0 saturated carbocycles. The molecule has 4 heteroatoms. The summed E-state index contributed by atoms with van der Waals surface area (Å²) in [6.45, 7) is 0. The summed E-state index contributed by atoms with van der Waals surface area (Å²) < 4.78 is 25.5. The van der Waals surface area contributed by atoms with Crippen LogP contribution in [0.3, 0.4) is 0 Å². The summed E-state index contributed by atoms with van der Waals surface area (Å²) >= 11 is 0. The van der Waals surface area contributed by atoms with Gasteiger partial charge >= 0.3 is 5.97 Å². The third-order valence-corrected chi connectivity index (χ3v) is 2.21. The second-order valence-electron chi connectivity index (χ2n) is 3.27. The molecule has 0 aromatic heterocycles. The smallest absolute Gasteiger partial charge is 0.304 e. The van der Waals surface area contributed by atoms with Gasteiger partial charge in [-0.15, -0.1) is 6.42 Å². The van der Waals surface area contributed by atoms with E-state index in [0.29, 0.717) is 5.56 Å². The van der Waals surface area contributed by atoms with Gasteiger partial charge in [-0.05, 0) is 11.6 Å². The minimum absolute atomic E-state index is 0.211. The summed E-state index contributed by atoms with van der Waals surface area (Å²) in [6.07, 6.45) is 1.80. The molecule has 0 aliphatic carbocycles. The van der Waals surface area contributed by atoms with Gasteiger partial charge < -0.3 is 5.11 Å². The minimum atomic E-state index is -2.74. The number of halogens is 2. The lowest BCUT2D eigenvalue weighted by Gasteiger charge is -2.15. The highest BCUT2D eigenvalue weighted by molar-refractivity contribution is 5.68. The fraction of sp³-hybridized carbons (Fsp3) is 0.250. The van der Waals surface area contributed by atoms with Crippen molar-refractivity contribution in [1.82, 2.24) is 0 Å². The Kier molecular flexibility index (Phi) is 4.01. The zero-order valence-corrected chi connectivity index (χ0v) is 8.36. The molecule has 0 aliphatic rings. The molecule has 16 heavy (non-hydrogen) atoms. The van der Waals surface area contributed by atoms with Crippen LogP contribution in [0.4, 0.5) is 8.78 Å². The van der Waals surface area contributed by atoms with Crippen molar-refractivity contribution in [2.24, 2.45) is 0 Å². The first kappa shape index (κ1) is 12.2. The standard InChI is InChI=1S/C12H10F2O2/c1-2-8-5-3-4-6-9(8)10(12(13)14)7-11(15)16/h1,3-6,10,12H,7H2,(H,15,16). The van der Waals surface area contributed by atoms with Gasteiger partial charge in [0.15, 0.2) is 0 Å². The van der Waals surface area contributed by atoms with Crippen molar-refractivity contribution in [2.75, 3.05) is 0 Å². The molecule has 1 atom stereocenters. The van der Waals surface area contributed by atoms with E-state index in [2.05, 4.69) is 5.92 Å². The molecule has 0 saturated heterocycles. The van der Waals surface area contributed by atoms with Crippen LogP contribution in [0.5, 0.6) is 0 Å². The van der Waals surface area contributed by atoms with Crippen LogP contribution in [0.2, 0.25) is 0 Å². The highest BCUT2D eigenvalue weighted by Crippen LogP contribution is 2.29. The number of carboxylic acid groups (broad SMARTS) is 1.